The third-order valence-electron chi connectivity index (χ3n) is 3.61. The molecule has 0 atom stereocenters. The maximum Gasteiger partial charge on any atom is 0.188 e. The van der Waals surface area contributed by atoms with E-state index in [1.165, 1.54) is 41.5 Å². The van der Waals surface area contributed by atoms with Gasteiger partial charge in [0, 0.05) is 6.26 Å². The van der Waals surface area contributed by atoms with Crippen LogP contribution in [0, 0.1) is 5.41 Å². The summed E-state index contributed by atoms with van der Waals surface area (Å²) < 4.78 is 23.1. The number of nitrogens with zero attached hydrogens (tertiary/aromatic N) is 2. The minimum atomic E-state index is -3.23. The van der Waals surface area contributed by atoms with Gasteiger partial charge in [-0.1, -0.05) is 36.4 Å². The van der Waals surface area contributed by atoms with Crippen LogP contribution in [0.5, 0.6) is 0 Å². The van der Waals surface area contributed by atoms with E-state index >= 15 is 0 Å². The predicted molar refractivity (Wildman–Crippen MR) is 123 cm³/mol. The molecule has 3 rings (SSSR count). The summed E-state index contributed by atoms with van der Waals surface area (Å²) in [5.41, 5.74) is 4.37. The van der Waals surface area contributed by atoms with Crippen molar-refractivity contribution >= 4 is 55.0 Å². The van der Waals surface area contributed by atoms with Gasteiger partial charge < -0.3 is 0 Å². The molecular weight excluding hydrogens is 424 g/mol. The lowest BCUT2D eigenvalue weighted by Gasteiger charge is -2.06. The van der Waals surface area contributed by atoms with Gasteiger partial charge in [-0.05, 0) is 53.0 Å². The number of aliphatic imine (C=N–C) groups is 1. The van der Waals surface area contributed by atoms with Gasteiger partial charge in [-0.25, -0.2) is 13.4 Å². The van der Waals surface area contributed by atoms with Crippen molar-refractivity contribution in [2.75, 3.05) is 6.26 Å². The smallest absolute Gasteiger partial charge is 0.188 e. The first kappa shape index (κ1) is 21.0. The average molecular weight is 443 g/mol. The largest absolute Gasteiger partial charge is 0.292 e. The summed E-state index contributed by atoms with van der Waals surface area (Å²) in [5.74, 6) is 0. The molecule has 9 heteroatoms. The maximum absolute atomic E-state index is 11.5. The Morgan fingerprint density at radius 2 is 1.79 bits per heavy atom. The van der Waals surface area contributed by atoms with Crippen molar-refractivity contribution < 1.29 is 8.42 Å². The first-order chi connectivity index (χ1) is 13.9. The Labute approximate surface area is 177 Å². The van der Waals surface area contributed by atoms with Gasteiger partial charge in [0.15, 0.2) is 15.0 Å². The monoisotopic (exact) mass is 442 g/mol. The molecule has 2 N–H and O–H groups in total. The molecule has 0 radical (unpaired) electrons. The van der Waals surface area contributed by atoms with E-state index in [0.717, 1.165) is 16.1 Å². The Hall–Kier alpha value is -2.75. The van der Waals surface area contributed by atoms with Gasteiger partial charge in [0.25, 0.3) is 0 Å². The number of sulfone groups is 1. The highest BCUT2D eigenvalue weighted by molar-refractivity contribution is 8.27. The quantitative estimate of drug-likeness (QED) is 0.345. The molecule has 3 aromatic rings. The SMILES string of the molecule is CS(=O)(=O)c1ccc(/C=N/NC(=Nc2ccccc2)SC(=N)c2cccs2)cc1. The molecule has 0 unspecified atom stereocenters. The number of thioether (sulfide) groups is 1. The summed E-state index contributed by atoms with van der Waals surface area (Å²) in [6, 6.07) is 19.6. The number of benzene rings is 2. The molecule has 29 heavy (non-hydrogen) atoms. The molecule has 6 nitrogen and oxygen atoms in total. The highest BCUT2D eigenvalue weighted by Gasteiger charge is 2.09. The zero-order valence-electron chi connectivity index (χ0n) is 15.4. The fourth-order valence-corrected chi connectivity index (χ4v) is 4.29. The molecular formula is C20H18N4O2S3. The third-order valence-corrected chi connectivity index (χ3v) is 6.56. The fourth-order valence-electron chi connectivity index (χ4n) is 2.21. The molecule has 2 aromatic carbocycles. The summed E-state index contributed by atoms with van der Waals surface area (Å²) in [6.45, 7) is 0. The van der Waals surface area contributed by atoms with Crippen LogP contribution in [0.2, 0.25) is 0 Å². The number of para-hydroxylation sites is 1. The molecule has 0 saturated heterocycles. The Morgan fingerprint density at radius 1 is 1.07 bits per heavy atom. The van der Waals surface area contributed by atoms with Crippen LogP contribution in [0.4, 0.5) is 5.69 Å². The van der Waals surface area contributed by atoms with Crippen LogP contribution in [0.25, 0.3) is 0 Å². The van der Waals surface area contributed by atoms with Gasteiger partial charge in [-0.3, -0.25) is 10.8 Å². The van der Waals surface area contributed by atoms with E-state index in [9.17, 15) is 8.42 Å². The van der Waals surface area contributed by atoms with Crippen molar-refractivity contribution in [3.05, 3.63) is 82.6 Å². The van der Waals surface area contributed by atoms with Crippen molar-refractivity contribution in [1.82, 2.24) is 5.43 Å². The Morgan fingerprint density at radius 3 is 2.41 bits per heavy atom. The van der Waals surface area contributed by atoms with Crippen LogP contribution in [-0.2, 0) is 9.84 Å². The van der Waals surface area contributed by atoms with E-state index in [1.807, 2.05) is 47.8 Å². The minimum absolute atomic E-state index is 0.258. The number of hydrogen-bond acceptors (Lipinski definition) is 7. The molecule has 1 aromatic heterocycles. The standard InChI is InChI=1S/C20H18N4O2S3/c1-29(25,26)17-11-9-15(10-12-17)14-22-24-20(23-16-6-3-2-4-7-16)28-19(21)18-8-5-13-27-18/h2-14,21H,1H3,(H,23,24)/b21-19?,22-14+. The number of nitrogens with one attached hydrogen (secondary N) is 2. The second-order valence-electron chi connectivity index (χ2n) is 5.87. The third kappa shape index (κ3) is 6.38. The molecule has 0 saturated carbocycles. The van der Waals surface area contributed by atoms with Gasteiger partial charge in [0.2, 0.25) is 0 Å². The van der Waals surface area contributed by atoms with E-state index < -0.39 is 9.84 Å². The number of amidine groups is 1. The van der Waals surface area contributed by atoms with Crippen molar-refractivity contribution in [3.63, 3.8) is 0 Å². The molecule has 0 bridgehead atoms. The van der Waals surface area contributed by atoms with Crippen molar-refractivity contribution in [2.24, 2.45) is 10.1 Å². The van der Waals surface area contributed by atoms with Gasteiger partial charge in [0.05, 0.1) is 21.7 Å². The van der Waals surface area contributed by atoms with Gasteiger partial charge in [-0.2, -0.15) is 5.10 Å². The molecule has 0 spiro atoms. The zero-order valence-corrected chi connectivity index (χ0v) is 17.9. The molecule has 0 aliphatic carbocycles. The number of thiophene rings is 1. The van der Waals surface area contributed by atoms with Crippen LogP contribution in [-0.4, -0.2) is 31.1 Å². The van der Waals surface area contributed by atoms with Crippen molar-refractivity contribution in [3.8, 4) is 0 Å². The molecule has 0 fully saturated rings. The topological polar surface area (TPSA) is 94.7 Å². The van der Waals surface area contributed by atoms with E-state index in [0.29, 0.717) is 10.2 Å². The maximum atomic E-state index is 11.5. The highest BCUT2D eigenvalue weighted by atomic mass is 32.2. The molecule has 0 aliphatic heterocycles. The van der Waals surface area contributed by atoms with Crippen LogP contribution >= 0.6 is 23.1 Å². The normalized spacial score (nSPS) is 12.2. The lowest BCUT2D eigenvalue weighted by atomic mass is 10.2. The average Bonchev–Trinajstić information content (AvgIpc) is 3.23. The van der Waals surface area contributed by atoms with Crippen molar-refractivity contribution in [2.45, 2.75) is 4.90 Å². The molecule has 1 heterocycles. The lowest BCUT2D eigenvalue weighted by molar-refractivity contribution is 0.602. The van der Waals surface area contributed by atoms with E-state index in [-0.39, 0.29) is 4.90 Å². The second-order valence-corrected chi connectivity index (χ2v) is 9.83. The first-order valence-electron chi connectivity index (χ1n) is 8.45. The predicted octanol–water partition coefficient (Wildman–Crippen LogP) is 4.52. The number of rotatable bonds is 5. The van der Waals surface area contributed by atoms with Crippen LogP contribution in [0.15, 0.2) is 87.1 Å². The lowest BCUT2D eigenvalue weighted by Crippen LogP contribution is -2.16. The summed E-state index contributed by atoms with van der Waals surface area (Å²) in [6.07, 6.45) is 2.74. The second kappa shape index (κ2) is 9.64. The summed E-state index contributed by atoms with van der Waals surface area (Å²) in [5, 5.41) is 15.2. The molecule has 0 aliphatic rings. The summed E-state index contributed by atoms with van der Waals surface area (Å²) >= 11 is 2.67. The molecule has 0 amide bonds. The van der Waals surface area contributed by atoms with Crippen LogP contribution in [0.3, 0.4) is 0 Å². The Balaban J connectivity index is 1.75. The minimum Gasteiger partial charge on any atom is -0.292 e. The molecule has 148 valence electrons. The van der Waals surface area contributed by atoms with Crippen LogP contribution < -0.4 is 5.43 Å². The van der Waals surface area contributed by atoms with Crippen molar-refractivity contribution in [1.29, 1.82) is 5.41 Å². The van der Waals surface area contributed by atoms with E-state index in [2.05, 4.69) is 15.5 Å². The highest BCUT2D eigenvalue weighted by Crippen LogP contribution is 2.20. The number of hydrazone groups is 1. The Bertz CT molecular complexity index is 1120. The van der Waals surface area contributed by atoms with Crippen LogP contribution in [0.1, 0.15) is 10.4 Å². The van der Waals surface area contributed by atoms with Gasteiger partial charge in [-0.15, -0.1) is 11.3 Å². The summed E-state index contributed by atoms with van der Waals surface area (Å²) in [4.78, 5) is 5.63. The van der Waals surface area contributed by atoms with E-state index in [4.69, 9.17) is 5.41 Å². The fraction of sp³-hybridized carbons (Fsp3) is 0.0500. The first-order valence-corrected chi connectivity index (χ1v) is 12.0. The summed E-state index contributed by atoms with van der Waals surface area (Å²) in [7, 11) is -3.23. The zero-order chi connectivity index (χ0) is 20.7. The Kier molecular flexibility index (Phi) is 6.97. The van der Waals surface area contributed by atoms with E-state index in [1.54, 1.807) is 18.3 Å². The number of hydrogen-bond donors (Lipinski definition) is 2. The van der Waals surface area contributed by atoms with Gasteiger partial charge in [0.1, 0.15) is 5.04 Å². The van der Waals surface area contributed by atoms with Gasteiger partial charge >= 0.3 is 0 Å².